The Morgan fingerprint density at radius 1 is 1.10 bits per heavy atom. The molecular weight excluding hydrogens is 264 g/mol. The molecule has 0 aliphatic carbocycles. The number of guanidine groups is 1. The van der Waals surface area contributed by atoms with E-state index in [0.29, 0.717) is 12.2 Å². The van der Waals surface area contributed by atoms with Gasteiger partial charge in [-0.3, -0.25) is 9.89 Å². The predicted octanol–water partition coefficient (Wildman–Crippen LogP) is 1.84. The van der Waals surface area contributed by atoms with Crippen LogP contribution in [0.3, 0.4) is 0 Å². The Hall–Kier alpha value is -0.810. The average Bonchev–Trinajstić information content (AvgIpc) is 2.44. The molecule has 0 aromatic heterocycles. The monoisotopic (exact) mass is 298 g/mol. The van der Waals surface area contributed by atoms with E-state index in [-0.39, 0.29) is 0 Å². The fourth-order valence-corrected chi connectivity index (χ4v) is 2.78. The van der Waals surface area contributed by atoms with Crippen molar-refractivity contribution in [3.8, 4) is 0 Å². The zero-order valence-corrected chi connectivity index (χ0v) is 14.3. The highest BCUT2D eigenvalue weighted by molar-refractivity contribution is 5.79. The molecule has 0 aromatic rings. The van der Waals surface area contributed by atoms with E-state index in [1.807, 2.05) is 7.05 Å². The summed E-state index contributed by atoms with van der Waals surface area (Å²) < 4.78 is 5.76. The molecule has 1 fully saturated rings. The molecule has 124 valence electrons. The number of nitrogens with zero attached hydrogens (tertiary/aromatic N) is 2. The van der Waals surface area contributed by atoms with Gasteiger partial charge in [0.05, 0.1) is 12.2 Å². The maximum atomic E-state index is 5.76. The summed E-state index contributed by atoms with van der Waals surface area (Å²) in [6, 6.07) is 0. The van der Waals surface area contributed by atoms with Crippen LogP contribution in [0.2, 0.25) is 0 Å². The lowest BCUT2D eigenvalue weighted by Gasteiger charge is -2.35. The number of unbranched alkanes of at least 4 members (excludes halogenated alkanes) is 2. The molecule has 2 unspecified atom stereocenters. The first-order chi connectivity index (χ1) is 10.2. The van der Waals surface area contributed by atoms with Crippen LogP contribution in [0, 0.1) is 0 Å². The van der Waals surface area contributed by atoms with Gasteiger partial charge in [-0.15, -0.1) is 0 Å². The summed E-state index contributed by atoms with van der Waals surface area (Å²) in [6.45, 7) is 11.7. The molecule has 0 spiro atoms. The Morgan fingerprint density at radius 3 is 2.29 bits per heavy atom. The van der Waals surface area contributed by atoms with Crippen molar-refractivity contribution in [3.63, 3.8) is 0 Å². The van der Waals surface area contributed by atoms with E-state index in [0.717, 1.165) is 45.1 Å². The maximum absolute atomic E-state index is 5.76. The minimum Gasteiger partial charge on any atom is -0.373 e. The van der Waals surface area contributed by atoms with Crippen LogP contribution in [0.25, 0.3) is 0 Å². The van der Waals surface area contributed by atoms with Crippen LogP contribution in [0.15, 0.2) is 4.99 Å². The average molecular weight is 298 g/mol. The lowest BCUT2D eigenvalue weighted by Crippen LogP contribution is -2.46. The highest BCUT2D eigenvalue weighted by Gasteiger charge is 2.21. The van der Waals surface area contributed by atoms with E-state index in [4.69, 9.17) is 4.74 Å². The fraction of sp³-hybridized carbons (Fsp3) is 0.938. The minimum absolute atomic E-state index is 0.356. The van der Waals surface area contributed by atoms with Crippen LogP contribution in [0.1, 0.15) is 46.5 Å². The molecule has 1 aliphatic rings. The van der Waals surface area contributed by atoms with Crippen LogP contribution in [0.4, 0.5) is 0 Å². The molecule has 0 saturated carbocycles. The van der Waals surface area contributed by atoms with Gasteiger partial charge in [0.25, 0.3) is 0 Å². The molecule has 5 heteroatoms. The SMILES string of the molecule is CCCCCNC(=NC)NCCCN1CC(C)OC(C)C1. The smallest absolute Gasteiger partial charge is 0.190 e. The Kier molecular flexibility index (Phi) is 9.42. The van der Waals surface area contributed by atoms with Crippen LogP contribution in [-0.2, 0) is 4.74 Å². The van der Waals surface area contributed by atoms with Gasteiger partial charge in [-0.05, 0) is 26.7 Å². The second kappa shape index (κ2) is 10.9. The van der Waals surface area contributed by atoms with Crippen LogP contribution < -0.4 is 10.6 Å². The first kappa shape index (κ1) is 18.2. The van der Waals surface area contributed by atoms with Gasteiger partial charge < -0.3 is 15.4 Å². The lowest BCUT2D eigenvalue weighted by atomic mass is 10.2. The molecule has 2 N–H and O–H groups in total. The normalized spacial score (nSPS) is 24.1. The third-order valence-electron chi connectivity index (χ3n) is 3.74. The summed E-state index contributed by atoms with van der Waals surface area (Å²) in [5, 5.41) is 6.75. The summed E-state index contributed by atoms with van der Waals surface area (Å²) in [7, 11) is 1.83. The number of morpholine rings is 1. The van der Waals surface area contributed by atoms with Crippen molar-refractivity contribution in [1.29, 1.82) is 0 Å². The zero-order chi connectivity index (χ0) is 15.5. The molecule has 0 amide bonds. The lowest BCUT2D eigenvalue weighted by molar-refractivity contribution is -0.0679. The van der Waals surface area contributed by atoms with E-state index >= 15 is 0 Å². The second-order valence-corrected chi connectivity index (χ2v) is 6.00. The van der Waals surface area contributed by atoms with Crippen LogP contribution >= 0.6 is 0 Å². The van der Waals surface area contributed by atoms with Crippen LogP contribution in [0.5, 0.6) is 0 Å². The first-order valence-corrected chi connectivity index (χ1v) is 8.48. The fourth-order valence-electron chi connectivity index (χ4n) is 2.78. The molecular formula is C16H34N4O. The Morgan fingerprint density at radius 2 is 1.71 bits per heavy atom. The topological polar surface area (TPSA) is 48.9 Å². The summed E-state index contributed by atoms with van der Waals surface area (Å²) in [6.07, 6.45) is 5.58. The number of nitrogens with one attached hydrogen (secondary N) is 2. The second-order valence-electron chi connectivity index (χ2n) is 6.00. The Bertz CT molecular complexity index is 286. The largest absolute Gasteiger partial charge is 0.373 e. The molecule has 0 bridgehead atoms. The van der Waals surface area contributed by atoms with Crippen molar-refractivity contribution < 1.29 is 4.74 Å². The van der Waals surface area contributed by atoms with Crippen molar-refractivity contribution in [2.24, 2.45) is 4.99 Å². The quantitative estimate of drug-likeness (QED) is 0.408. The molecule has 0 aromatic carbocycles. The molecule has 2 atom stereocenters. The van der Waals surface area contributed by atoms with E-state index in [2.05, 4.69) is 41.3 Å². The number of hydrogen-bond acceptors (Lipinski definition) is 3. The summed E-state index contributed by atoms with van der Waals surface area (Å²) in [4.78, 5) is 6.75. The highest BCUT2D eigenvalue weighted by atomic mass is 16.5. The molecule has 1 aliphatic heterocycles. The van der Waals surface area contributed by atoms with Gasteiger partial charge >= 0.3 is 0 Å². The number of rotatable bonds is 8. The van der Waals surface area contributed by atoms with E-state index in [1.165, 1.54) is 19.3 Å². The molecule has 5 nitrogen and oxygen atoms in total. The van der Waals surface area contributed by atoms with Gasteiger partial charge in [0.15, 0.2) is 5.96 Å². The number of ether oxygens (including phenoxy) is 1. The number of aliphatic imine (C=N–C) groups is 1. The zero-order valence-electron chi connectivity index (χ0n) is 14.3. The summed E-state index contributed by atoms with van der Waals surface area (Å²) in [5.74, 6) is 0.926. The van der Waals surface area contributed by atoms with Crippen molar-refractivity contribution in [2.45, 2.75) is 58.7 Å². The molecule has 1 heterocycles. The Labute approximate surface area is 130 Å². The van der Waals surface area contributed by atoms with E-state index in [1.54, 1.807) is 0 Å². The van der Waals surface area contributed by atoms with Crippen molar-refractivity contribution in [2.75, 3.05) is 39.8 Å². The third kappa shape index (κ3) is 8.27. The van der Waals surface area contributed by atoms with E-state index in [9.17, 15) is 0 Å². The molecule has 0 radical (unpaired) electrons. The molecule has 21 heavy (non-hydrogen) atoms. The first-order valence-electron chi connectivity index (χ1n) is 8.48. The van der Waals surface area contributed by atoms with Gasteiger partial charge in [0, 0.05) is 39.8 Å². The van der Waals surface area contributed by atoms with Crippen molar-refractivity contribution >= 4 is 5.96 Å². The van der Waals surface area contributed by atoms with Gasteiger partial charge in [-0.25, -0.2) is 0 Å². The highest BCUT2D eigenvalue weighted by Crippen LogP contribution is 2.10. The summed E-state index contributed by atoms with van der Waals surface area (Å²) >= 11 is 0. The molecule has 1 saturated heterocycles. The minimum atomic E-state index is 0.356. The van der Waals surface area contributed by atoms with E-state index < -0.39 is 0 Å². The maximum Gasteiger partial charge on any atom is 0.190 e. The van der Waals surface area contributed by atoms with Crippen molar-refractivity contribution in [3.05, 3.63) is 0 Å². The van der Waals surface area contributed by atoms with Gasteiger partial charge in [0.2, 0.25) is 0 Å². The van der Waals surface area contributed by atoms with Gasteiger partial charge in [-0.2, -0.15) is 0 Å². The number of hydrogen-bond donors (Lipinski definition) is 2. The Balaban J connectivity index is 2.09. The van der Waals surface area contributed by atoms with Gasteiger partial charge in [-0.1, -0.05) is 19.8 Å². The third-order valence-corrected chi connectivity index (χ3v) is 3.74. The predicted molar refractivity (Wildman–Crippen MR) is 90.0 cm³/mol. The van der Waals surface area contributed by atoms with Crippen LogP contribution in [-0.4, -0.2) is 62.8 Å². The van der Waals surface area contributed by atoms with Gasteiger partial charge in [0.1, 0.15) is 0 Å². The molecule has 1 rings (SSSR count). The standard InChI is InChI=1S/C16H34N4O/c1-5-6-7-9-18-16(17-4)19-10-8-11-20-12-14(2)21-15(3)13-20/h14-15H,5-13H2,1-4H3,(H2,17,18,19). The van der Waals surface area contributed by atoms with Crippen molar-refractivity contribution in [1.82, 2.24) is 15.5 Å². The summed E-state index contributed by atoms with van der Waals surface area (Å²) in [5.41, 5.74) is 0.